The molecule has 0 spiro atoms. The predicted molar refractivity (Wildman–Crippen MR) is 143 cm³/mol. The summed E-state index contributed by atoms with van der Waals surface area (Å²) in [6.45, 7) is 0. The van der Waals surface area contributed by atoms with Gasteiger partial charge in [0.25, 0.3) is 5.91 Å². The summed E-state index contributed by atoms with van der Waals surface area (Å²) in [5, 5.41) is 13.9. The molecule has 6 nitrogen and oxygen atoms in total. The number of halogens is 2. The van der Waals surface area contributed by atoms with Crippen molar-refractivity contribution in [1.29, 1.82) is 0 Å². The Kier molecular flexibility index (Phi) is 8.30. The van der Waals surface area contributed by atoms with Crippen molar-refractivity contribution >= 4 is 57.5 Å². The van der Waals surface area contributed by atoms with E-state index < -0.39 is 0 Å². The average molecular weight is 553 g/mol. The maximum atomic E-state index is 12.4. The molecule has 0 aliphatic carbocycles. The van der Waals surface area contributed by atoms with E-state index in [1.807, 2.05) is 95.6 Å². The number of nitrogens with zero attached hydrogens (tertiary/aromatic N) is 4. The van der Waals surface area contributed by atoms with E-state index in [4.69, 9.17) is 11.6 Å². The Morgan fingerprint density at radius 2 is 1.68 bits per heavy atom. The molecule has 0 unspecified atom stereocenters. The van der Waals surface area contributed by atoms with Gasteiger partial charge in [-0.15, -0.1) is 10.2 Å². The second kappa shape index (κ2) is 11.8. The molecule has 1 heterocycles. The van der Waals surface area contributed by atoms with Crippen molar-refractivity contribution in [3.05, 3.63) is 100.0 Å². The monoisotopic (exact) mass is 551 g/mol. The van der Waals surface area contributed by atoms with Gasteiger partial charge in [-0.2, -0.15) is 5.10 Å². The predicted octanol–water partition coefficient (Wildman–Crippen LogP) is 6.22. The van der Waals surface area contributed by atoms with Crippen LogP contribution in [0.5, 0.6) is 0 Å². The molecule has 0 radical (unpaired) electrons. The van der Waals surface area contributed by atoms with Crippen molar-refractivity contribution < 1.29 is 4.79 Å². The first-order chi connectivity index (χ1) is 16.6. The van der Waals surface area contributed by atoms with E-state index in [0.29, 0.717) is 16.0 Å². The minimum absolute atomic E-state index is 0.123. The van der Waals surface area contributed by atoms with Crippen LogP contribution >= 0.6 is 39.3 Å². The van der Waals surface area contributed by atoms with E-state index in [2.05, 4.69) is 36.7 Å². The molecule has 34 heavy (non-hydrogen) atoms. The third-order valence-electron chi connectivity index (χ3n) is 4.56. The zero-order valence-corrected chi connectivity index (χ0v) is 21.0. The van der Waals surface area contributed by atoms with Gasteiger partial charge in [0.15, 0.2) is 11.0 Å². The van der Waals surface area contributed by atoms with Crippen LogP contribution in [0.4, 0.5) is 0 Å². The summed E-state index contributed by atoms with van der Waals surface area (Å²) in [4.78, 5) is 12.4. The Bertz CT molecular complexity index is 1310. The topological polar surface area (TPSA) is 72.2 Å². The van der Waals surface area contributed by atoms with Gasteiger partial charge in [-0.05, 0) is 51.8 Å². The number of carbonyl (C=O) groups is 1. The lowest BCUT2D eigenvalue weighted by Gasteiger charge is -2.10. The largest absolute Gasteiger partial charge is 0.272 e. The molecule has 9 heteroatoms. The van der Waals surface area contributed by atoms with Crippen LogP contribution in [-0.4, -0.2) is 32.6 Å². The number of benzene rings is 3. The van der Waals surface area contributed by atoms with Gasteiger partial charge >= 0.3 is 0 Å². The highest BCUT2D eigenvalue weighted by atomic mass is 79.9. The summed E-state index contributed by atoms with van der Waals surface area (Å²) < 4.78 is 2.65. The van der Waals surface area contributed by atoms with Crippen molar-refractivity contribution in [2.75, 3.05) is 5.75 Å². The Balaban J connectivity index is 1.45. The van der Waals surface area contributed by atoms with E-state index in [1.165, 1.54) is 11.8 Å². The molecule has 1 aromatic heterocycles. The molecule has 4 aromatic rings. The van der Waals surface area contributed by atoms with Crippen molar-refractivity contribution in [3.63, 3.8) is 0 Å². The van der Waals surface area contributed by atoms with Crippen LogP contribution in [0.3, 0.4) is 0 Å². The molecular weight excluding hydrogens is 534 g/mol. The van der Waals surface area contributed by atoms with Crippen LogP contribution in [0.15, 0.2) is 99.7 Å². The van der Waals surface area contributed by atoms with Crippen LogP contribution in [0.25, 0.3) is 23.2 Å². The summed E-state index contributed by atoms with van der Waals surface area (Å²) in [7, 11) is 0. The number of carbonyl (C=O) groups excluding carboxylic acids is 1. The summed E-state index contributed by atoms with van der Waals surface area (Å²) in [6.07, 6.45) is 3.45. The van der Waals surface area contributed by atoms with Crippen LogP contribution in [0, 0.1) is 0 Å². The van der Waals surface area contributed by atoms with E-state index >= 15 is 0 Å². The highest BCUT2D eigenvalue weighted by molar-refractivity contribution is 9.12. The number of hydrogen-bond donors (Lipinski definition) is 1. The first-order valence-corrected chi connectivity index (χ1v) is 12.4. The van der Waals surface area contributed by atoms with Gasteiger partial charge in [-0.1, -0.05) is 84.0 Å². The lowest BCUT2D eigenvalue weighted by atomic mass is 10.2. The van der Waals surface area contributed by atoms with Crippen molar-refractivity contribution in [1.82, 2.24) is 20.2 Å². The standard InChI is InChI=1S/C25H19BrClN5OS/c26-20(15-18-7-3-1-4-8-18)16-28-29-23(33)17-34-25-31-30-24(19-9-5-2-6-10-19)32(25)22-13-11-21(27)12-14-22/h1-16H,17H2,(H,29,33). The highest BCUT2D eigenvalue weighted by Gasteiger charge is 2.17. The zero-order valence-electron chi connectivity index (χ0n) is 17.8. The molecule has 0 fully saturated rings. The Morgan fingerprint density at radius 3 is 2.38 bits per heavy atom. The first-order valence-electron chi connectivity index (χ1n) is 10.2. The quantitative estimate of drug-likeness (QED) is 0.160. The summed E-state index contributed by atoms with van der Waals surface area (Å²) in [5.74, 6) is 0.546. The minimum Gasteiger partial charge on any atom is -0.272 e. The van der Waals surface area contributed by atoms with Crippen LogP contribution in [-0.2, 0) is 4.79 Å². The SMILES string of the molecule is O=C(CSc1nnc(-c2ccccc2)n1-c1ccc(Cl)cc1)NN=CC(Br)=Cc1ccccc1. The van der Waals surface area contributed by atoms with Crippen LogP contribution < -0.4 is 5.43 Å². The molecular formula is C25H19BrClN5OS. The minimum atomic E-state index is -0.256. The third-order valence-corrected chi connectivity index (χ3v) is 6.18. The van der Waals surface area contributed by atoms with Gasteiger partial charge in [0, 0.05) is 20.8 Å². The Labute approximate surface area is 214 Å². The first kappa shape index (κ1) is 23.9. The Morgan fingerprint density at radius 1 is 1.00 bits per heavy atom. The average Bonchev–Trinajstić information content (AvgIpc) is 3.28. The molecule has 170 valence electrons. The second-order valence-electron chi connectivity index (χ2n) is 7.01. The van der Waals surface area contributed by atoms with E-state index in [-0.39, 0.29) is 11.7 Å². The van der Waals surface area contributed by atoms with Gasteiger partial charge in [-0.3, -0.25) is 9.36 Å². The van der Waals surface area contributed by atoms with E-state index in [0.717, 1.165) is 21.3 Å². The third kappa shape index (κ3) is 6.44. The van der Waals surface area contributed by atoms with Gasteiger partial charge in [0.2, 0.25) is 0 Å². The highest BCUT2D eigenvalue weighted by Crippen LogP contribution is 2.28. The molecule has 0 saturated carbocycles. The number of amides is 1. The number of allylic oxidation sites excluding steroid dienone is 1. The van der Waals surface area contributed by atoms with Gasteiger partial charge < -0.3 is 0 Å². The fourth-order valence-corrected chi connectivity index (χ4v) is 4.27. The van der Waals surface area contributed by atoms with E-state index in [1.54, 1.807) is 6.21 Å². The molecule has 0 bridgehead atoms. The molecule has 0 atom stereocenters. The molecule has 0 saturated heterocycles. The smallest absolute Gasteiger partial charge is 0.250 e. The van der Waals surface area contributed by atoms with Crippen molar-refractivity contribution in [2.45, 2.75) is 5.16 Å². The number of hydrogen-bond acceptors (Lipinski definition) is 5. The molecule has 0 aliphatic rings. The molecule has 4 rings (SSSR count). The van der Waals surface area contributed by atoms with Gasteiger partial charge in [0.05, 0.1) is 12.0 Å². The number of nitrogens with one attached hydrogen (secondary N) is 1. The Hall–Kier alpha value is -3.20. The zero-order chi connectivity index (χ0) is 23.8. The maximum Gasteiger partial charge on any atom is 0.250 e. The summed E-state index contributed by atoms with van der Waals surface area (Å²) >= 11 is 10.8. The second-order valence-corrected chi connectivity index (χ2v) is 9.30. The van der Waals surface area contributed by atoms with Crippen LogP contribution in [0.1, 0.15) is 5.56 Å². The fraction of sp³-hybridized carbons (Fsp3) is 0.0400. The van der Waals surface area contributed by atoms with E-state index in [9.17, 15) is 4.79 Å². The number of hydrazone groups is 1. The lowest BCUT2D eigenvalue weighted by molar-refractivity contribution is -0.118. The number of rotatable bonds is 8. The number of aromatic nitrogens is 3. The summed E-state index contributed by atoms with van der Waals surface area (Å²) in [6, 6.07) is 27.0. The van der Waals surface area contributed by atoms with Gasteiger partial charge in [-0.25, -0.2) is 5.43 Å². The van der Waals surface area contributed by atoms with Gasteiger partial charge in [0.1, 0.15) is 0 Å². The fourth-order valence-electron chi connectivity index (χ4n) is 3.03. The maximum absolute atomic E-state index is 12.4. The van der Waals surface area contributed by atoms with Crippen LogP contribution in [0.2, 0.25) is 5.02 Å². The summed E-state index contributed by atoms with van der Waals surface area (Å²) in [5.41, 5.74) is 5.33. The normalized spacial score (nSPS) is 11.6. The lowest BCUT2D eigenvalue weighted by Crippen LogP contribution is -2.19. The van der Waals surface area contributed by atoms with Crippen molar-refractivity contribution in [3.8, 4) is 17.1 Å². The molecule has 3 aromatic carbocycles. The number of thioether (sulfide) groups is 1. The van der Waals surface area contributed by atoms with Crippen molar-refractivity contribution in [2.24, 2.45) is 5.10 Å². The molecule has 1 N–H and O–H groups in total. The molecule has 1 amide bonds. The molecule has 0 aliphatic heterocycles.